The average molecular weight is 367 g/mol. The van der Waals surface area contributed by atoms with Crippen molar-refractivity contribution in [3.63, 3.8) is 0 Å². The standard InChI is InChI=1S/C17H10F5N3O/c18-13-5-2-6-14(19)15(13)16(26)24-11-8-23-25(9-11)12-4-1-3-10(7-12)17(20,21)22/h1-9H,(H,24,26). The molecule has 0 saturated carbocycles. The van der Waals surface area contributed by atoms with Crippen LogP contribution in [0.4, 0.5) is 27.6 Å². The average Bonchev–Trinajstić information content (AvgIpc) is 3.02. The molecule has 0 unspecified atom stereocenters. The molecule has 0 saturated heterocycles. The molecule has 1 heterocycles. The third-order valence-electron chi connectivity index (χ3n) is 3.47. The second kappa shape index (κ2) is 6.58. The topological polar surface area (TPSA) is 46.9 Å². The first-order valence-electron chi connectivity index (χ1n) is 7.23. The zero-order valence-electron chi connectivity index (χ0n) is 12.9. The van der Waals surface area contributed by atoms with Crippen molar-refractivity contribution in [3.05, 3.63) is 77.6 Å². The maximum absolute atomic E-state index is 13.6. The number of hydrogen-bond acceptors (Lipinski definition) is 2. The molecule has 26 heavy (non-hydrogen) atoms. The molecule has 1 amide bonds. The van der Waals surface area contributed by atoms with E-state index >= 15 is 0 Å². The minimum absolute atomic E-state index is 0.0649. The molecular weight excluding hydrogens is 357 g/mol. The summed E-state index contributed by atoms with van der Waals surface area (Å²) in [4.78, 5) is 12.0. The number of anilines is 1. The molecule has 0 bridgehead atoms. The van der Waals surface area contributed by atoms with Crippen LogP contribution in [0.1, 0.15) is 15.9 Å². The molecule has 134 valence electrons. The highest BCUT2D eigenvalue weighted by atomic mass is 19.4. The van der Waals surface area contributed by atoms with Gasteiger partial charge in [0, 0.05) is 0 Å². The van der Waals surface area contributed by atoms with Crippen molar-refractivity contribution < 1.29 is 26.7 Å². The maximum atomic E-state index is 13.6. The van der Waals surface area contributed by atoms with Crippen molar-refractivity contribution in [3.8, 4) is 5.69 Å². The molecule has 0 fully saturated rings. The summed E-state index contributed by atoms with van der Waals surface area (Å²) in [6, 6.07) is 7.39. The number of nitrogens with zero attached hydrogens (tertiary/aromatic N) is 2. The van der Waals surface area contributed by atoms with Gasteiger partial charge in [0.25, 0.3) is 5.91 Å². The van der Waals surface area contributed by atoms with E-state index in [4.69, 9.17) is 0 Å². The molecule has 3 aromatic rings. The third-order valence-corrected chi connectivity index (χ3v) is 3.47. The molecule has 0 aliphatic carbocycles. The Hall–Kier alpha value is -3.23. The summed E-state index contributed by atoms with van der Waals surface area (Å²) in [6.45, 7) is 0. The molecule has 1 N–H and O–H groups in total. The minimum Gasteiger partial charge on any atom is -0.319 e. The van der Waals surface area contributed by atoms with E-state index in [2.05, 4.69) is 10.4 Å². The van der Waals surface area contributed by atoms with Gasteiger partial charge in [0.2, 0.25) is 0 Å². The number of hydrogen-bond donors (Lipinski definition) is 1. The molecular formula is C17H10F5N3O. The lowest BCUT2D eigenvalue weighted by Crippen LogP contribution is -2.15. The van der Waals surface area contributed by atoms with Crippen LogP contribution in [-0.2, 0) is 6.18 Å². The van der Waals surface area contributed by atoms with Crippen LogP contribution < -0.4 is 5.32 Å². The number of nitrogens with one attached hydrogen (secondary N) is 1. The lowest BCUT2D eigenvalue weighted by atomic mass is 10.2. The van der Waals surface area contributed by atoms with Gasteiger partial charge in [-0.05, 0) is 30.3 Å². The van der Waals surface area contributed by atoms with E-state index in [1.54, 1.807) is 0 Å². The second-order valence-corrected chi connectivity index (χ2v) is 5.27. The summed E-state index contributed by atoms with van der Waals surface area (Å²) in [5, 5.41) is 6.10. The number of halogens is 5. The minimum atomic E-state index is -4.51. The van der Waals surface area contributed by atoms with Crippen LogP contribution in [0.5, 0.6) is 0 Å². The van der Waals surface area contributed by atoms with E-state index in [9.17, 15) is 26.7 Å². The summed E-state index contributed by atoms with van der Waals surface area (Å²) in [7, 11) is 0. The van der Waals surface area contributed by atoms with Crippen LogP contribution in [0.3, 0.4) is 0 Å². The summed E-state index contributed by atoms with van der Waals surface area (Å²) in [6.07, 6.45) is -2.13. The lowest BCUT2D eigenvalue weighted by molar-refractivity contribution is -0.137. The smallest absolute Gasteiger partial charge is 0.319 e. The second-order valence-electron chi connectivity index (χ2n) is 5.27. The number of amides is 1. The fourth-order valence-electron chi connectivity index (χ4n) is 2.26. The number of carbonyl (C=O) groups is 1. The van der Waals surface area contributed by atoms with E-state index in [0.717, 1.165) is 41.2 Å². The monoisotopic (exact) mass is 367 g/mol. The zero-order valence-corrected chi connectivity index (χ0v) is 12.9. The highest BCUT2D eigenvalue weighted by Crippen LogP contribution is 2.30. The quantitative estimate of drug-likeness (QED) is 0.697. The molecule has 0 spiro atoms. The highest BCUT2D eigenvalue weighted by Gasteiger charge is 2.30. The zero-order chi connectivity index (χ0) is 18.9. The van der Waals surface area contributed by atoms with Crippen LogP contribution in [0.15, 0.2) is 54.9 Å². The Balaban J connectivity index is 1.84. The van der Waals surface area contributed by atoms with Gasteiger partial charge in [0.1, 0.15) is 17.2 Å². The Bertz CT molecular complexity index is 945. The third kappa shape index (κ3) is 3.56. The Morgan fingerprint density at radius 2 is 1.69 bits per heavy atom. The van der Waals surface area contributed by atoms with E-state index in [0.29, 0.717) is 0 Å². The summed E-state index contributed by atoms with van der Waals surface area (Å²) in [5.74, 6) is -3.11. The number of benzene rings is 2. The van der Waals surface area contributed by atoms with Crippen molar-refractivity contribution in [1.29, 1.82) is 0 Å². The van der Waals surface area contributed by atoms with Crippen LogP contribution in [0, 0.1) is 11.6 Å². The molecule has 0 atom stereocenters. The van der Waals surface area contributed by atoms with Crippen molar-refractivity contribution in [2.24, 2.45) is 0 Å². The molecule has 4 nitrogen and oxygen atoms in total. The van der Waals surface area contributed by atoms with Gasteiger partial charge in [-0.15, -0.1) is 0 Å². The van der Waals surface area contributed by atoms with Gasteiger partial charge in [-0.1, -0.05) is 12.1 Å². The highest BCUT2D eigenvalue weighted by molar-refractivity contribution is 6.04. The SMILES string of the molecule is O=C(Nc1cnn(-c2cccc(C(F)(F)F)c2)c1)c1c(F)cccc1F. The van der Waals surface area contributed by atoms with Gasteiger partial charge in [-0.3, -0.25) is 4.79 Å². The molecule has 3 rings (SSSR count). The summed E-state index contributed by atoms with van der Waals surface area (Å²) < 4.78 is 66.6. The van der Waals surface area contributed by atoms with Crippen LogP contribution >= 0.6 is 0 Å². The molecule has 0 radical (unpaired) electrons. The molecule has 1 aromatic heterocycles. The summed E-state index contributed by atoms with van der Waals surface area (Å²) >= 11 is 0. The first-order valence-corrected chi connectivity index (χ1v) is 7.23. The lowest BCUT2D eigenvalue weighted by Gasteiger charge is -2.08. The van der Waals surface area contributed by atoms with Crippen LogP contribution in [0.25, 0.3) is 5.69 Å². The fraction of sp³-hybridized carbons (Fsp3) is 0.0588. The van der Waals surface area contributed by atoms with Gasteiger partial charge >= 0.3 is 6.18 Å². The number of aromatic nitrogens is 2. The molecule has 2 aromatic carbocycles. The predicted molar refractivity (Wildman–Crippen MR) is 82.9 cm³/mol. The first kappa shape index (κ1) is 17.6. The Morgan fingerprint density at radius 3 is 2.35 bits per heavy atom. The predicted octanol–water partition coefficient (Wildman–Crippen LogP) is 4.42. The summed E-state index contributed by atoms with van der Waals surface area (Å²) in [5.41, 5.74) is -1.45. The number of carbonyl (C=O) groups excluding carboxylic acids is 1. The Morgan fingerprint density at radius 1 is 1.04 bits per heavy atom. The van der Waals surface area contributed by atoms with Gasteiger partial charge in [0.05, 0.1) is 29.3 Å². The maximum Gasteiger partial charge on any atom is 0.416 e. The van der Waals surface area contributed by atoms with Crippen LogP contribution in [0.2, 0.25) is 0 Å². The Labute approximate surface area is 143 Å². The van der Waals surface area contributed by atoms with Crippen molar-refractivity contribution >= 4 is 11.6 Å². The number of rotatable bonds is 3. The van der Waals surface area contributed by atoms with Gasteiger partial charge in [0.15, 0.2) is 0 Å². The van der Waals surface area contributed by atoms with Gasteiger partial charge in [-0.2, -0.15) is 18.3 Å². The van der Waals surface area contributed by atoms with Crippen LogP contribution in [-0.4, -0.2) is 15.7 Å². The Kier molecular flexibility index (Phi) is 4.45. The number of alkyl halides is 3. The van der Waals surface area contributed by atoms with Gasteiger partial charge < -0.3 is 5.32 Å². The fourth-order valence-corrected chi connectivity index (χ4v) is 2.26. The van der Waals surface area contributed by atoms with Gasteiger partial charge in [-0.25, -0.2) is 13.5 Å². The van der Waals surface area contributed by atoms with E-state index < -0.39 is 34.8 Å². The molecule has 9 heteroatoms. The van der Waals surface area contributed by atoms with E-state index in [1.165, 1.54) is 18.3 Å². The van der Waals surface area contributed by atoms with E-state index in [1.807, 2.05) is 0 Å². The van der Waals surface area contributed by atoms with Crippen molar-refractivity contribution in [2.45, 2.75) is 6.18 Å². The largest absolute Gasteiger partial charge is 0.416 e. The van der Waals surface area contributed by atoms with Crippen molar-refractivity contribution in [2.75, 3.05) is 5.32 Å². The van der Waals surface area contributed by atoms with E-state index in [-0.39, 0.29) is 11.4 Å². The molecule has 0 aliphatic rings. The normalized spacial score (nSPS) is 11.4. The van der Waals surface area contributed by atoms with Crippen molar-refractivity contribution in [1.82, 2.24) is 9.78 Å². The first-order chi connectivity index (χ1) is 12.3. The molecule has 0 aliphatic heterocycles.